The number of nitrogens with one attached hydrogen (secondary N) is 1. The quantitative estimate of drug-likeness (QED) is 0.766. The van der Waals surface area contributed by atoms with Gasteiger partial charge in [-0.3, -0.25) is 19.3 Å². The number of benzene rings is 1. The molecule has 1 aromatic rings. The summed E-state index contributed by atoms with van der Waals surface area (Å²) < 4.78 is 0. The Morgan fingerprint density at radius 2 is 1.90 bits per heavy atom. The highest BCUT2D eigenvalue weighted by atomic mass is 16.6. The first-order valence-corrected chi connectivity index (χ1v) is 7.05. The molecule has 1 aromatic carbocycles. The molecule has 0 aromatic heterocycles. The lowest BCUT2D eigenvalue weighted by atomic mass is 9.97. The fraction of sp³-hybridized carbons (Fsp3) is 0.467. The van der Waals surface area contributed by atoms with Gasteiger partial charge in [-0.2, -0.15) is 0 Å². The molecule has 1 aliphatic rings. The standard InChI is InChI=1S/C15H20N2O4/c18-14(16-21-11-12-4-2-1-3-5-12)10-17-8-6-13(7-9-17)15(19)20/h1-5,13H,6-11H2,(H,16,18)(H,19,20). The van der Waals surface area contributed by atoms with Gasteiger partial charge in [-0.05, 0) is 31.5 Å². The number of carbonyl (C=O) groups excluding carboxylic acids is 1. The van der Waals surface area contributed by atoms with Crippen LogP contribution in [0.15, 0.2) is 30.3 Å². The molecule has 1 heterocycles. The molecule has 0 atom stereocenters. The van der Waals surface area contributed by atoms with E-state index in [1.165, 1.54) is 0 Å². The van der Waals surface area contributed by atoms with Crippen LogP contribution in [-0.2, 0) is 21.0 Å². The fourth-order valence-electron chi connectivity index (χ4n) is 2.35. The number of carboxylic acids is 1. The summed E-state index contributed by atoms with van der Waals surface area (Å²) in [6.45, 7) is 1.82. The minimum absolute atomic E-state index is 0.209. The van der Waals surface area contributed by atoms with Crippen molar-refractivity contribution in [3.8, 4) is 0 Å². The van der Waals surface area contributed by atoms with E-state index in [-0.39, 0.29) is 18.4 Å². The summed E-state index contributed by atoms with van der Waals surface area (Å²) in [4.78, 5) is 29.7. The Morgan fingerprint density at radius 3 is 2.52 bits per heavy atom. The number of rotatable bonds is 6. The van der Waals surface area contributed by atoms with E-state index < -0.39 is 5.97 Å². The zero-order chi connectivity index (χ0) is 15.1. The molecule has 114 valence electrons. The Bertz CT molecular complexity index is 470. The lowest BCUT2D eigenvalue weighted by Gasteiger charge is -2.29. The van der Waals surface area contributed by atoms with Crippen LogP contribution in [0.25, 0.3) is 0 Å². The third-order valence-electron chi connectivity index (χ3n) is 3.57. The molecule has 21 heavy (non-hydrogen) atoms. The fourth-order valence-corrected chi connectivity index (χ4v) is 2.35. The lowest BCUT2D eigenvalue weighted by Crippen LogP contribution is -2.42. The summed E-state index contributed by atoms with van der Waals surface area (Å²) in [6.07, 6.45) is 1.18. The third-order valence-corrected chi connectivity index (χ3v) is 3.57. The van der Waals surface area contributed by atoms with Crippen LogP contribution in [0.4, 0.5) is 0 Å². The van der Waals surface area contributed by atoms with Crippen molar-refractivity contribution < 1.29 is 19.5 Å². The highest BCUT2D eigenvalue weighted by Gasteiger charge is 2.25. The van der Waals surface area contributed by atoms with E-state index in [0.29, 0.717) is 32.5 Å². The van der Waals surface area contributed by atoms with Crippen LogP contribution < -0.4 is 5.48 Å². The summed E-state index contributed by atoms with van der Waals surface area (Å²) >= 11 is 0. The van der Waals surface area contributed by atoms with Crippen LogP contribution in [0.5, 0.6) is 0 Å². The molecule has 0 spiro atoms. The second-order valence-corrected chi connectivity index (χ2v) is 5.19. The minimum Gasteiger partial charge on any atom is -0.481 e. The summed E-state index contributed by atoms with van der Waals surface area (Å²) in [5, 5.41) is 8.91. The maximum absolute atomic E-state index is 11.7. The van der Waals surface area contributed by atoms with Crippen molar-refractivity contribution in [1.29, 1.82) is 0 Å². The number of piperidine rings is 1. The molecule has 2 rings (SSSR count). The van der Waals surface area contributed by atoms with Gasteiger partial charge in [0.1, 0.15) is 0 Å². The SMILES string of the molecule is O=C(CN1CCC(C(=O)O)CC1)NOCc1ccccc1. The first-order valence-electron chi connectivity index (χ1n) is 7.05. The van der Waals surface area contributed by atoms with E-state index in [9.17, 15) is 9.59 Å². The van der Waals surface area contributed by atoms with Crippen LogP contribution in [0.3, 0.4) is 0 Å². The number of carboxylic acid groups (broad SMARTS) is 1. The van der Waals surface area contributed by atoms with E-state index in [0.717, 1.165) is 5.56 Å². The van der Waals surface area contributed by atoms with Crippen LogP contribution in [0.1, 0.15) is 18.4 Å². The average molecular weight is 292 g/mol. The first kappa shape index (κ1) is 15.5. The van der Waals surface area contributed by atoms with Crippen molar-refractivity contribution in [1.82, 2.24) is 10.4 Å². The van der Waals surface area contributed by atoms with Crippen molar-refractivity contribution in [3.63, 3.8) is 0 Å². The number of hydrogen-bond acceptors (Lipinski definition) is 4. The van der Waals surface area contributed by atoms with Gasteiger partial charge in [-0.15, -0.1) is 0 Å². The summed E-state index contributed by atoms with van der Waals surface area (Å²) in [5.74, 6) is -1.23. The molecule has 0 unspecified atom stereocenters. The van der Waals surface area contributed by atoms with Crippen LogP contribution in [0, 0.1) is 5.92 Å². The van der Waals surface area contributed by atoms with Gasteiger partial charge >= 0.3 is 5.97 Å². The van der Waals surface area contributed by atoms with Gasteiger partial charge in [0.2, 0.25) is 0 Å². The number of hydroxylamine groups is 1. The summed E-state index contributed by atoms with van der Waals surface area (Å²) in [6, 6.07) is 9.58. The van der Waals surface area contributed by atoms with Crippen molar-refractivity contribution in [2.24, 2.45) is 5.92 Å². The van der Waals surface area contributed by atoms with Crippen molar-refractivity contribution in [3.05, 3.63) is 35.9 Å². The van der Waals surface area contributed by atoms with Gasteiger partial charge in [0.05, 0.1) is 19.1 Å². The van der Waals surface area contributed by atoms with Crippen molar-refractivity contribution in [2.45, 2.75) is 19.4 Å². The van der Waals surface area contributed by atoms with Crippen LogP contribution >= 0.6 is 0 Å². The average Bonchev–Trinajstić information content (AvgIpc) is 2.49. The number of nitrogens with zero attached hydrogens (tertiary/aromatic N) is 1. The molecule has 6 nitrogen and oxygen atoms in total. The van der Waals surface area contributed by atoms with E-state index >= 15 is 0 Å². The molecule has 1 saturated heterocycles. The van der Waals surface area contributed by atoms with Gasteiger partial charge in [0.25, 0.3) is 5.91 Å². The number of aliphatic carboxylic acids is 1. The van der Waals surface area contributed by atoms with E-state index in [1.54, 1.807) is 0 Å². The predicted octanol–water partition coefficient (Wildman–Crippen LogP) is 1.03. The normalized spacial score (nSPS) is 16.6. The first-order chi connectivity index (χ1) is 10.1. The van der Waals surface area contributed by atoms with Crippen molar-refractivity contribution in [2.75, 3.05) is 19.6 Å². The summed E-state index contributed by atoms with van der Waals surface area (Å²) in [5.41, 5.74) is 3.40. The molecule has 0 bridgehead atoms. The third kappa shape index (κ3) is 5.17. The van der Waals surface area contributed by atoms with Crippen molar-refractivity contribution >= 4 is 11.9 Å². The van der Waals surface area contributed by atoms with Gasteiger partial charge in [-0.25, -0.2) is 5.48 Å². The number of amides is 1. The Kier molecular flexibility index (Phi) is 5.71. The topological polar surface area (TPSA) is 78.9 Å². The Labute approximate surface area is 123 Å². The molecule has 0 aliphatic carbocycles. The number of hydrogen-bond donors (Lipinski definition) is 2. The van der Waals surface area contributed by atoms with Gasteiger partial charge < -0.3 is 5.11 Å². The number of carbonyl (C=O) groups is 2. The highest BCUT2D eigenvalue weighted by molar-refractivity contribution is 5.77. The molecular weight excluding hydrogens is 272 g/mol. The van der Waals surface area contributed by atoms with Gasteiger partial charge in [0.15, 0.2) is 0 Å². The highest BCUT2D eigenvalue weighted by Crippen LogP contribution is 2.16. The summed E-state index contributed by atoms with van der Waals surface area (Å²) in [7, 11) is 0. The Balaban J connectivity index is 1.63. The van der Waals surface area contributed by atoms with E-state index in [4.69, 9.17) is 9.94 Å². The molecule has 1 amide bonds. The lowest BCUT2D eigenvalue weighted by molar-refractivity contribution is -0.143. The molecule has 0 saturated carbocycles. The molecule has 0 radical (unpaired) electrons. The van der Waals surface area contributed by atoms with Gasteiger partial charge in [0, 0.05) is 0 Å². The molecule has 1 aliphatic heterocycles. The molecular formula is C15H20N2O4. The van der Waals surface area contributed by atoms with Crippen LogP contribution in [-0.4, -0.2) is 41.5 Å². The molecule has 6 heteroatoms. The van der Waals surface area contributed by atoms with Crippen LogP contribution in [0.2, 0.25) is 0 Å². The van der Waals surface area contributed by atoms with Gasteiger partial charge in [-0.1, -0.05) is 30.3 Å². The largest absolute Gasteiger partial charge is 0.481 e. The zero-order valence-corrected chi connectivity index (χ0v) is 11.8. The molecule has 2 N–H and O–H groups in total. The van der Waals surface area contributed by atoms with E-state index in [2.05, 4.69) is 5.48 Å². The number of likely N-dealkylation sites (tertiary alicyclic amines) is 1. The second kappa shape index (κ2) is 7.75. The maximum Gasteiger partial charge on any atom is 0.306 e. The maximum atomic E-state index is 11.7. The Hall–Kier alpha value is -1.92. The Morgan fingerprint density at radius 1 is 1.24 bits per heavy atom. The monoisotopic (exact) mass is 292 g/mol. The molecule has 1 fully saturated rings. The predicted molar refractivity (Wildman–Crippen MR) is 76.2 cm³/mol. The smallest absolute Gasteiger partial charge is 0.306 e. The zero-order valence-electron chi connectivity index (χ0n) is 11.8. The second-order valence-electron chi connectivity index (χ2n) is 5.19. The minimum atomic E-state index is -0.745. The van der Waals surface area contributed by atoms with E-state index in [1.807, 2.05) is 35.2 Å².